The van der Waals surface area contributed by atoms with Gasteiger partial charge in [0.15, 0.2) is 34.5 Å². The van der Waals surface area contributed by atoms with Crippen LogP contribution in [0.5, 0.6) is 23.0 Å². The van der Waals surface area contributed by atoms with Crippen LogP contribution in [0.15, 0.2) is 40.6 Å². The van der Waals surface area contributed by atoms with E-state index in [0.717, 1.165) is 4.42 Å². The van der Waals surface area contributed by atoms with Crippen LogP contribution in [0.4, 0.5) is 11.4 Å². The van der Waals surface area contributed by atoms with Gasteiger partial charge in [0.25, 0.3) is 5.91 Å². The average Bonchev–Trinajstić information content (AvgIpc) is 2.79. The Labute approximate surface area is 202 Å². The molecule has 0 aromatic heterocycles. The molecule has 2 rings (SSSR count). The second-order valence-corrected chi connectivity index (χ2v) is 7.25. The van der Waals surface area contributed by atoms with Crippen molar-refractivity contribution in [3.05, 3.63) is 35.4 Å². The van der Waals surface area contributed by atoms with Crippen LogP contribution in [0.2, 0.25) is 5.02 Å². The Bertz CT molecular complexity index is 1010. The molecule has 0 bridgehead atoms. The number of halogens is 2. The number of nitrogens with zero attached hydrogens (tertiary/aromatic N) is 3. The highest BCUT2D eigenvalue weighted by Gasteiger charge is 2.31. The van der Waals surface area contributed by atoms with Gasteiger partial charge in [0.2, 0.25) is 6.04 Å². The highest BCUT2D eigenvalue weighted by molar-refractivity contribution is 6.39. The van der Waals surface area contributed by atoms with Crippen molar-refractivity contribution >= 4 is 46.4 Å². The van der Waals surface area contributed by atoms with Crippen molar-refractivity contribution in [2.24, 2.45) is 10.2 Å². The SMILES string of the molecule is CCOc1cccc(N(Cl)C(=O)C(N=Nc2c(OC)cc(Cl)cc2OC)C(C)=O)c1OCC. The van der Waals surface area contributed by atoms with Gasteiger partial charge in [0.05, 0.1) is 27.4 Å². The van der Waals surface area contributed by atoms with Crippen LogP contribution in [0.25, 0.3) is 0 Å². The number of para-hydroxylation sites is 1. The molecule has 0 spiro atoms. The zero-order valence-electron chi connectivity index (χ0n) is 18.9. The molecule has 0 saturated heterocycles. The molecule has 33 heavy (non-hydrogen) atoms. The summed E-state index contributed by atoms with van der Waals surface area (Å²) in [6.45, 7) is 5.50. The molecule has 0 aliphatic carbocycles. The third-order valence-electron chi connectivity index (χ3n) is 4.29. The topological polar surface area (TPSA) is 99.0 Å². The molecule has 1 atom stereocenters. The number of hydrogen-bond acceptors (Lipinski definition) is 8. The summed E-state index contributed by atoms with van der Waals surface area (Å²) in [5.74, 6) is -0.209. The predicted octanol–water partition coefficient (Wildman–Crippen LogP) is 5.38. The maximum atomic E-state index is 13.1. The Kier molecular flexibility index (Phi) is 9.74. The standard InChI is InChI=1S/C22H25Cl2N3O6/c1-6-32-16-10-8-9-15(21(16)33-7-2)27(24)22(29)19(13(3)28)25-26-20-17(30-4)11-14(23)12-18(20)31-5/h8-12,19H,6-7H2,1-5H3. The van der Waals surface area contributed by atoms with Crippen molar-refractivity contribution in [3.8, 4) is 23.0 Å². The molecule has 2 aromatic carbocycles. The van der Waals surface area contributed by atoms with E-state index in [1.54, 1.807) is 25.1 Å². The van der Waals surface area contributed by atoms with Crippen molar-refractivity contribution in [1.29, 1.82) is 0 Å². The van der Waals surface area contributed by atoms with Crippen molar-refractivity contribution in [2.45, 2.75) is 26.8 Å². The predicted molar refractivity (Wildman–Crippen MR) is 126 cm³/mol. The highest BCUT2D eigenvalue weighted by Crippen LogP contribution is 2.41. The van der Waals surface area contributed by atoms with Gasteiger partial charge in [-0.05, 0) is 32.9 Å². The first-order valence-corrected chi connectivity index (χ1v) is 10.7. The van der Waals surface area contributed by atoms with Gasteiger partial charge >= 0.3 is 0 Å². The second kappa shape index (κ2) is 12.3. The molecule has 2 aromatic rings. The first-order chi connectivity index (χ1) is 15.8. The lowest BCUT2D eigenvalue weighted by Crippen LogP contribution is -2.36. The summed E-state index contributed by atoms with van der Waals surface area (Å²) < 4.78 is 22.5. The fourth-order valence-corrected chi connectivity index (χ4v) is 3.25. The smallest absolute Gasteiger partial charge is 0.276 e. The van der Waals surface area contributed by atoms with Crippen LogP contribution < -0.4 is 23.4 Å². The zero-order valence-corrected chi connectivity index (χ0v) is 20.4. The lowest BCUT2D eigenvalue weighted by molar-refractivity contribution is -0.126. The molecule has 11 heteroatoms. The normalized spacial score (nSPS) is 11.7. The van der Waals surface area contributed by atoms with Gasteiger partial charge in [-0.25, -0.2) is 4.42 Å². The molecule has 0 aliphatic rings. The largest absolute Gasteiger partial charge is 0.494 e. The van der Waals surface area contributed by atoms with Gasteiger partial charge in [0, 0.05) is 28.9 Å². The van der Waals surface area contributed by atoms with Crippen molar-refractivity contribution < 1.29 is 28.5 Å². The summed E-state index contributed by atoms with van der Waals surface area (Å²) in [6.07, 6.45) is 0. The number of azo groups is 1. The molecule has 1 amide bonds. The van der Waals surface area contributed by atoms with E-state index in [9.17, 15) is 9.59 Å². The van der Waals surface area contributed by atoms with E-state index in [0.29, 0.717) is 24.0 Å². The minimum absolute atomic E-state index is 0.165. The van der Waals surface area contributed by atoms with E-state index in [1.165, 1.54) is 33.3 Å². The number of methoxy groups -OCH3 is 2. The van der Waals surface area contributed by atoms with Crippen molar-refractivity contribution in [3.63, 3.8) is 0 Å². The average molecular weight is 498 g/mol. The first kappa shape index (κ1) is 26.2. The van der Waals surface area contributed by atoms with E-state index in [4.69, 9.17) is 42.3 Å². The molecule has 1 unspecified atom stereocenters. The zero-order chi connectivity index (χ0) is 24.5. The fourth-order valence-electron chi connectivity index (χ4n) is 2.82. The quantitative estimate of drug-likeness (QED) is 0.234. The van der Waals surface area contributed by atoms with E-state index in [2.05, 4.69) is 10.2 Å². The van der Waals surface area contributed by atoms with Gasteiger partial charge in [-0.15, -0.1) is 5.11 Å². The molecular formula is C22H25Cl2N3O6. The summed E-state index contributed by atoms with van der Waals surface area (Å²) in [7, 11) is 2.83. The van der Waals surface area contributed by atoms with E-state index >= 15 is 0 Å². The molecular weight excluding hydrogens is 473 g/mol. The van der Waals surface area contributed by atoms with Crippen LogP contribution in [0.3, 0.4) is 0 Å². The minimum Gasteiger partial charge on any atom is -0.494 e. The monoisotopic (exact) mass is 497 g/mol. The molecule has 0 radical (unpaired) electrons. The Balaban J connectivity index is 2.45. The van der Waals surface area contributed by atoms with Crippen molar-refractivity contribution in [1.82, 2.24) is 0 Å². The maximum absolute atomic E-state index is 13.1. The van der Waals surface area contributed by atoms with Crippen LogP contribution in [-0.2, 0) is 9.59 Å². The lowest BCUT2D eigenvalue weighted by Gasteiger charge is -2.21. The summed E-state index contributed by atoms with van der Waals surface area (Å²) in [5.41, 5.74) is 0.371. The van der Waals surface area contributed by atoms with Gasteiger partial charge in [-0.3, -0.25) is 9.59 Å². The third kappa shape index (κ3) is 6.27. The molecule has 9 nitrogen and oxygen atoms in total. The Morgan fingerprint density at radius 2 is 1.64 bits per heavy atom. The van der Waals surface area contributed by atoms with Gasteiger partial charge in [0.1, 0.15) is 5.69 Å². The van der Waals surface area contributed by atoms with Crippen LogP contribution in [-0.4, -0.2) is 45.2 Å². The number of ether oxygens (including phenoxy) is 4. The van der Waals surface area contributed by atoms with E-state index in [1.807, 2.05) is 6.92 Å². The number of carbonyl (C=O) groups is 2. The number of hydrogen-bond donors (Lipinski definition) is 0. The number of ketones is 1. The summed E-state index contributed by atoms with van der Waals surface area (Å²) in [6, 6.07) is 6.39. The minimum atomic E-state index is -1.53. The molecule has 0 aliphatic heterocycles. The number of carbonyl (C=O) groups excluding carboxylic acids is 2. The number of benzene rings is 2. The van der Waals surface area contributed by atoms with Crippen LogP contribution >= 0.6 is 23.4 Å². The molecule has 178 valence electrons. The summed E-state index contributed by atoms with van der Waals surface area (Å²) in [4.78, 5) is 25.4. The van der Waals surface area contributed by atoms with Crippen molar-refractivity contribution in [2.75, 3.05) is 31.9 Å². The Morgan fingerprint density at radius 1 is 1.03 bits per heavy atom. The van der Waals surface area contributed by atoms with E-state index in [-0.39, 0.29) is 28.6 Å². The Hall–Kier alpha value is -3.04. The van der Waals surface area contributed by atoms with Gasteiger partial charge in [-0.1, -0.05) is 17.7 Å². The van der Waals surface area contributed by atoms with Crippen LogP contribution in [0.1, 0.15) is 20.8 Å². The molecule has 0 saturated carbocycles. The van der Waals surface area contributed by atoms with E-state index < -0.39 is 17.7 Å². The Morgan fingerprint density at radius 3 is 2.15 bits per heavy atom. The van der Waals surface area contributed by atoms with Crippen LogP contribution in [0, 0.1) is 0 Å². The molecule has 0 N–H and O–H groups in total. The highest BCUT2D eigenvalue weighted by atomic mass is 35.5. The number of anilines is 1. The molecule has 0 heterocycles. The first-order valence-electron chi connectivity index (χ1n) is 10.00. The third-order valence-corrected chi connectivity index (χ3v) is 4.86. The van der Waals surface area contributed by atoms with Gasteiger partial charge in [-0.2, -0.15) is 5.11 Å². The number of Topliss-reactive ketones (excluding diaryl/α,β-unsaturated/α-hetero) is 1. The lowest BCUT2D eigenvalue weighted by atomic mass is 10.2. The summed E-state index contributed by atoms with van der Waals surface area (Å²) >= 11 is 12.4. The van der Waals surface area contributed by atoms with Gasteiger partial charge < -0.3 is 18.9 Å². The molecule has 0 fully saturated rings. The second-order valence-electron chi connectivity index (χ2n) is 6.48. The number of amides is 1. The summed E-state index contributed by atoms with van der Waals surface area (Å²) in [5, 5.41) is 8.35. The fraction of sp³-hybridized carbons (Fsp3) is 0.364. The maximum Gasteiger partial charge on any atom is 0.276 e. The number of rotatable bonds is 11.